The van der Waals surface area contributed by atoms with E-state index in [2.05, 4.69) is 10.3 Å². The van der Waals surface area contributed by atoms with E-state index in [1.165, 1.54) is 17.0 Å². The lowest BCUT2D eigenvalue weighted by Crippen LogP contribution is -2.42. The van der Waals surface area contributed by atoms with Gasteiger partial charge in [-0.05, 0) is 12.1 Å². The Morgan fingerprint density at radius 1 is 1.44 bits per heavy atom. The fourth-order valence-corrected chi connectivity index (χ4v) is 3.05. The summed E-state index contributed by atoms with van der Waals surface area (Å²) in [6, 6.07) is 4.47. The van der Waals surface area contributed by atoms with E-state index in [0.29, 0.717) is 35.9 Å². The molecule has 0 saturated heterocycles. The predicted octanol–water partition coefficient (Wildman–Crippen LogP) is 1.04. The number of likely N-dealkylation sites (N-methyl/N-ethyl adjacent to an activating group) is 1. The summed E-state index contributed by atoms with van der Waals surface area (Å²) in [4.78, 5) is 15.9. The van der Waals surface area contributed by atoms with Crippen molar-refractivity contribution in [2.24, 2.45) is 0 Å². The molecule has 0 bridgehead atoms. The molecule has 7 nitrogen and oxygen atoms in total. The molecule has 0 unspecified atom stereocenters. The monoisotopic (exact) mass is 367 g/mol. The van der Waals surface area contributed by atoms with Crippen LogP contribution in [0.3, 0.4) is 0 Å². The smallest absolute Gasteiger partial charge is 0.236 e. The molecular weight excluding hydrogens is 349 g/mol. The largest absolute Gasteiger partial charge is 0.390 e. The van der Waals surface area contributed by atoms with Crippen molar-refractivity contribution in [3.63, 3.8) is 0 Å². The summed E-state index contributed by atoms with van der Waals surface area (Å²) in [5.74, 6) is -0.557. The number of hydrogen-bond donors (Lipinski definition) is 1. The summed E-state index contributed by atoms with van der Waals surface area (Å²) in [7, 11) is 1.63. The first-order valence-corrected chi connectivity index (χ1v) is 8.28. The number of aromatic nitrogens is 3. The fraction of sp³-hybridized carbons (Fsp3) is 0.438. The minimum atomic E-state index is -0.423. The molecular formula is C16H19ClFN5O2. The lowest BCUT2D eigenvalue weighted by atomic mass is 10.2. The van der Waals surface area contributed by atoms with Crippen LogP contribution in [0.15, 0.2) is 18.2 Å². The van der Waals surface area contributed by atoms with Crippen LogP contribution < -0.4 is 0 Å². The van der Waals surface area contributed by atoms with Gasteiger partial charge in [0.15, 0.2) is 0 Å². The molecule has 134 valence electrons. The molecule has 1 aliphatic rings. The first-order valence-electron chi connectivity index (χ1n) is 7.91. The Hall–Kier alpha value is -2.03. The average Bonchev–Trinajstić information content (AvgIpc) is 3.00. The van der Waals surface area contributed by atoms with Gasteiger partial charge < -0.3 is 10.0 Å². The fourth-order valence-electron chi connectivity index (χ4n) is 2.83. The van der Waals surface area contributed by atoms with E-state index in [1.807, 2.05) is 4.90 Å². The van der Waals surface area contributed by atoms with E-state index in [1.54, 1.807) is 17.8 Å². The molecule has 0 atom stereocenters. The Morgan fingerprint density at radius 2 is 2.24 bits per heavy atom. The molecule has 3 rings (SSSR count). The molecule has 2 aromatic rings. The van der Waals surface area contributed by atoms with Crippen molar-refractivity contribution in [1.29, 1.82) is 0 Å². The third-order valence-corrected chi connectivity index (χ3v) is 4.66. The third kappa shape index (κ3) is 3.81. The van der Waals surface area contributed by atoms with E-state index in [9.17, 15) is 14.3 Å². The number of nitrogens with zero attached hydrogens (tertiary/aromatic N) is 5. The minimum Gasteiger partial charge on any atom is -0.390 e. The molecule has 2 heterocycles. The molecule has 0 fully saturated rings. The van der Waals surface area contributed by atoms with Crippen LogP contribution in [0.4, 0.5) is 4.39 Å². The average molecular weight is 368 g/mol. The second-order valence-corrected chi connectivity index (χ2v) is 6.43. The Bertz CT molecular complexity index is 748. The Balaban J connectivity index is 1.62. The third-order valence-electron chi connectivity index (χ3n) is 4.31. The summed E-state index contributed by atoms with van der Waals surface area (Å²) >= 11 is 6.02. The molecule has 1 aromatic heterocycles. The number of benzene rings is 1. The first kappa shape index (κ1) is 17.8. The summed E-state index contributed by atoms with van der Waals surface area (Å²) in [5.41, 5.74) is 1.66. The summed E-state index contributed by atoms with van der Waals surface area (Å²) in [6.45, 7) is 1.88. The highest BCUT2D eigenvalue weighted by Gasteiger charge is 2.24. The van der Waals surface area contributed by atoms with E-state index in [-0.39, 0.29) is 25.6 Å². The lowest BCUT2D eigenvalue weighted by molar-refractivity contribution is -0.132. The molecule has 1 aliphatic heterocycles. The predicted molar refractivity (Wildman–Crippen MR) is 89.1 cm³/mol. The van der Waals surface area contributed by atoms with Gasteiger partial charge in [0.2, 0.25) is 5.91 Å². The molecule has 1 amide bonds. The maximum absolute atomic E-state index is 13.9. The molecule has 1 N–H and O–H groups in total. The number of aliphatic hydroxyl groups excluding tert-OH is 1. The zero-order valence-electron chi connectivity index (χ0n) is 13.8. The highest BCUT2D eigenvalue weighted by atomic mass is 35.5. The van der Waals surface area contributed by atoms with Gasteiger partial charge in [-0.1, -0.05) is 22.9 Å². The second-order valence-electron chi connectivity index (χ2n) is 6.02. The van der Waals surface area contributed by atoms with Crippen LogP contribution in [0.5, 0.6) is 0 Å². The number of aliphatic hydroxyl groups is 1. The highest BCUT2D eigenvalue weighted by molar-refractivity contribution is 6.31. The quantitative estimate of drug-likeness (QED) is 0.854. The van der Waals surface area contributed by atoms with Crippen LogP contribution in [0.2, 0.25) is 5.02 Å². The summed E-state index contributed by atoms with van der Waals surface area (Å²) in [6.07, 6.45) is 0. The number of hydrogen-bond acceptors (Lipinski definition) is 5. The maximum Gasteiger partial charge on any atom is 0.236 e. The SMILES string of the molecule is CN(Cc1c(F)cccc1Cl)C(=O)CN1CCn2nnc(CO)c2C1. The molecule has 0 spiro atoms. The van der Waals surface area contributed by atoms with Gasteiger partial charge in [-0.15, -0.1) is 5.10 Å². The Kier molecular flexibility index (Phi) is 5.31. The molecule has 0 saturated carbocycles. The number of fused-ring (bicyclic) bond motifs is 1. The van der Waals surface area contributed by atoms with Gasteiger partial charge in [-0.3, -0.25) is 9.69 Å². The zero-order valence-corrected chi connectivity index (χ0v) is 14.6. The summed E-state index contributed by atoms with van der Waals surface area (Å²) in [5, 5.41) is 17.5. The van der Waals surface area contributed by atoms with Crippen LogP contribution in [-0.2, 0) is 31.0 Å². The Labute approximate surface area is 149 Å². The molecule has 0 aliphatic carbocycles. The minimum absolute atomic E-state index is 0.111. The molecule has 0 radical (unpaired) electrons. The van der Waals surface area contributed by atoms with E-state index in [4.69, 9.17) is 11.6 Å². The normalized spacial score (nSPS) is 14.4. The highest BCUT2D eigenvalue weighted by Crippen LogP contribution is 2.21. The van der Waals surface area contributed by atoms with Crippen molar-refractivity contribution in [3.8, 4) is 0 Å². The van der Waals surface area contributed by atoms with E-state index >= 15 is 0 Å². The van der Waals surface area contributed by atoms with Crippen LogP contribution in [0.25, 0.3) is 0 Å². The number of carbonyl (C=O) groups excluding carboxylic acids is 1. The summed E-state index contributed by atoms with van der Waals surface area (Å²) < 4.78 is 15.6. The van der Waals surface area contributed by atoms with Gasteiger partial charge >= 0.3 is 0 Å². The Morgan fingerprint density at radius 3 is 2.96 bits per heavy atom. The van der Waals surface area contributed by atoms with Crippen molar-refractivity contribution in [3.05, 3.63) is 46.0 Å². The van der Waals surface area contributed by atoms with Crippen LogP contribution in [0, 0.1) is 5.82 Å². The van der Waals surface area contributed by atoms with Gasteiger partial charge in [-0.2, -0.15) is 0 Å². The van der Waals surface area contributed by atoms with E-state index < -0.39 is 5.82 Å². The number of halogens is 2. The standard InChI is InChI=1S/C16H19ClFN5O2/c1-21(7-11-12(17)3-2-4-13(11)18)16(25)9-22-5-6-23-15(8-22)14(10-24)19-20-23/h2-4,24H,5-10H2,1H3. The molecule has 1 aromatic carbocycles. The van der Waals surface area contributed by atoms with Crippen molar-refractivity contribution in [2.75, 3.05) is 20.1 Å². The van der Waals surface area contributed by atoms with Crippen LogP contribution >= 0.6 is 11.6 Å². The zero-order chi connectivity index (χ0) is 18.0. The number of rotatable bonds is 5. The van der Waals surface area contributed by atoms with Gasteiger partial charge in [0.1, 0.15) is 11.5 Å². The van der Waals surface area contributed by atoms with E-state index in [0.717, 1.165) is 5.69 Å². The molecule has 25 heavy (non-hydrogen) atoms. The van der Waals surface area contributed by atoms with Gasteiger partial charge in [0.05, 0.1) is 25.4 Å². The number of carbonyl (C=O) groups is 1. The first-order chi connectivity index (χ1) is 12.0. The number of amides is 1. The van der Waals surface area contributed by atoms with Gasteiger partial charge in [-0.25, -0.2) is 9.07 Å². The van der Waals surface area contributed by atoms with Crippen LogP contribution in [0.1, 0.15) is 17.0 Å². The topological polar surface area (TPSA) is 74.5 Å². The molecule has 9 heteroatoms. The maximum atomic E-state index is 13.9. The van der Waals surface area contributed by atoms with Crippen molar-refractivity contribution in [1.82, 2.24) is 24.8 Å². The van der Waals surface area contributed by atoms with Gasteiger partial charge in [0, 0.05) is 37.3 Å². The second kappa shape index (κ2) is 7.47. The van der Waals surface area contributed by atoms with Crippen molar-refractivity contribution < 1.29 is 14.3 Å². The van der Waals surface area contributed by atoms with Crippen molar-refractivity contribution >= 4 is 17.5 Å². The van der Waals surface area contributed by atoms with Gasteiger partial charge in [0.25, 0.3) is 0 Å². The lowest BCUT2D eigenvalue weighted by Gasteiger charge is -2.28. The van der Waals surface area contributed by atoms with Crippen LogP contribution in [-0.4, -0.2) is 55.9 Å². The van der Waals surface area contributed by atoms with Crippen molar-refractivity contribution in [2.45, 2.75) is 26.2 Å².